The summed E-state index contributed by atoms with van der Waals surface area (Å²) >= 11 is 0. The molecular formula is C36H40N4O7S. The molecular weight excluding hydrogens is 632 g/mol. The van der Waals surface area contributed by atoms with Gasteiger partial charge in [0.15, 0.2) is 0 Å². The van der Waals surface area contributed by atoms with Crippen molar-refractivity contribution in [1.82, 2.24) is 10.2 Å². The van der Waals surface area contributed by atoms with Crippen molar-refractivity contribution in [1.29, 1.82) is 0 Å². The number of carbonyl (C=O) groups is 2. The molecule has 1 N–H and O–H groups in total. The van der Waals surface area contributed by atoms with Crippen LogP contribution in [-0.2, 0) is 32.6 Å². The Morgan fingerprint density at radius 2 is 1.58 bits per heavy atom. The van der Waals surface area contributed by atoms with Crippen molar-refractivity contribution in [3.05, 3.63) is 129 Å². The molecule has 252 valence electrons. The van der Waals surface area contributed by atoms with E-state index in [1.54, 1.807) is 12.1 Å². The predicted molar refractivity (Wildman–Crippen MR) is 184 cm³/mol. The second-order valence-electron chi connectivity index (χ2n) is 11.4. The van der Waals surface area contributed by atoms with Crippen LogP contribution in [0.25, 0.3) is 0 Å². The molecule has 0 aliphatic carbocycles. The van der Waals surface area contributed by atoms with Gasteiger partial charge < -0.3 is 15.0 Å². The van der Waals surface area contributed by atoms with Crippen LogP contribution < -0.4 is 14.4 Å². The standard InChI is InChI=1S/C36H40N4O7S/c1-5-21-37-36(42)34(22-28-9-7-6-8-10-28)38(24-29-14-11-26(2)12-15-29)35(41)25-39(30-16-18-31(47-4)19-17-30)48(45,46)32-20-13-27(3)33(23-32)40(43)44/h6-20,23,34H,5,21-22,24-25H2,1-4H3,(H,37,42). The number of hydrogen-bond acceptors (Lipinski definition) is 7. The summed E-state index contributed by atoms with van der Waals surface area (Å²) in [6.45, 7) is 5.12. The zero-order valence-electron chi connectivity index (χ0n) is 27.5. The van der Waals surface area contributed by atoms with Gasteiger partial charge in [0.2, 0.25) is 11.8 Å². The van der Waals surface area contributed by atoms with Crippen LogP contribution >= 0.6 is 0 Å². The Hall–Kier alpha value is -5.23. The largest absolute Gasteiger partial charge is 0.497 e. The SMILES string of the molecule is CCCNC(=O)C(Cc1ccccc1)N(Cc1ccc(C)cc1)C(=O)CN(c1ccc(OC)cc1)S(=O)(=O)c1ccc(C)c([N+](=O)[O-])c1. The summed E-state index contributed by atoms with van der Waals surface area (Å²) in [6, 6.07) is 25.6. The summed E-state index contributed by atoms with van der Waals surface area (Å²) in [7, 11) is -3.06. The number of aryl methyl sites for hydroxylation is 2. The lowest BCUT2D eigenvalue weighted by Crippen LogP contribution is -2.53. The predicted octanol–water partition coefficient (Wildman–Crippen LogP) is 5.58. The van der Waals surface area contributed by atoms with Gasteiger partial charge in [-0.1, -0.05) is 73.2 Å². The second kappa shape index (κ2) is 16.1. The lowest BCUT2D eigenvalue weighted by Gasteiger charge is -2.34. The van der Waals surface area contributed by atoms with E-state index in [0.29, 0.717) is 18.7 Å². The van der Waals surface area contributed by atoms with Crippen molar-refractivity contribution >= 4 is 33.2 Å². The molecule has 0 aliphatic heterocycles. The Morgan fingerprint density at radius 1 is 0.917 bits per heavy atom. The molecule has 12 heteroatoms. The lowest BCUT2D eigenvalue weighted by atomic mass is 10.0. The summed E-state index contributed by atoms with van der Waals surface area (Å²) < 4.78 is 34.7. The Morgan fingerprint density at radius 3 is 2.19 bits per heavy atom. The van der Waals surface area contributed by atoms with E-state index in [9.17, 15) is 28.1 Å². The third-order valence-corrected chi connectivity index (χ3v) is 9.67. The maximum Gasteiger partial charge on any atom is 0.273 e. The van der Waals surface area contributed by atoms with Crippen molar-refractivity contribution in [2.24, 2.45) is 0 Å². The monoisotopic (exact) mass is 672 g/mol. The minimum absolute atomic E-state index is 0.0304. The highest BCUT2D eigenvalue weighted by atomic mass is 32.2. The highest BCUT2D eigenvalue weighted by Crippen LogP contribution is 2.30. The minimum atomic E-state index is -4.53. The molecule has 4 rings (SSSR count). The van der Waals surface area contributed by atoms with Crippen molar-refractivity contribution in [2.45, 2.75) is 51.1 Å². The van der Waals surface area contributed by atoms with E-state index in [1.807, 2.05) is 68.4 Å². The van der Waals surface area contributed by atoms with Gasteiger partial charge >= 0.3 is 0 Å². The van der Waals surface area contributed by atoms with E-state index in [2.05, 4.69) is 5.32 Å². The molecule has 0 radical (unpaired) electrons. The van der Waals surface area contributed by atoms with Gasteiger partial charge in [-0.3, -0.25) is 24.0 Å². The minimum Gasteiger partial charge on any atom is -0.497 e. The molecule has 0 aliphatic rings. The molecule has 11 nitrogen and oxygen atoms in total. The van der Waals surface area contributed by atoms with Crippen molar-refractivity contribution in [3.8, 4) is 5.75 Å². The van der Waals surface area contributed by atoms with Crippen LogP contribution in [0.5, 0.6) is 5.75 Å². The molecule has 1 atom stereocenters. The van der Waals surface area contributed by atoms with Crippen LogP contribution in [0.1, 0.15) is 35.6 Å². The van der Waals surface area contributed by atoms with Gasteiger partial charge in [-0.05, 0) is 61.7 Å². The second-order valence-corrected chi connectivity index (χ2v) is 13.3. The van der Waals surface area contributed by atoms with Crippen LogP contribution in [0.3, 0.4) is 0 Å². The molecule has 4 aromatic carbocycles. The number of sulfonamides is 1. The fourth-order valence-corrected chi connectivity index (χ4v) is 6.60. The number of nitro groups is 1. The molecule has 0 saturated carbocycles. The number of carbonyl (C=O) groups excluding carboxylic acids is 2. The first-order valence-electron chi connectivity index (χ1n) is 15.5. The fourth-order valence-electron chi connectivity index (χ4n) is 5.16. The summed E-state index contributed by atoms with van der Waals surface area (Å²) in [5, 5.41) is 14.6. The van der Waals surface area contributed by atoms with E-state index in [0.717, 1.165) is 27.1 Å². The Kier molecular flexibility index (Phi) is 11.9. The van der Waals surface area contributed by atoms with Crippen LogP contribution in [-0.4, -0.2) is 56.3 Å². The van der Waals surface area contributed by atoms with Gasteiger partial charge in [-0.15, -0.1) is 0 Å². The van der Waals surface area contributed by atoms with E-state index in [4.69, 9.17) is 4.74 Å². The first-order chi connectivity index (χ1) is 22.9. The molecule has 0 spiro atoms. The molecule has 2 amide bonds. The molecule has 0 saturated heterocycles. The molecule has 1 unspecified atom stereocenters. The maximum atomic E-state index is 14.5. The number of ether oxygens (including phenoxy) is 1. The number of anilines is 1. The van der Waals surface area contributed by atoms with Crippen molar-refractivity contribution < 1.29 is 27.7 Å². The highest BCUT2D eigenvalue weighted by molar-refractivity contribution is 7.92. The zero-order chi connectivity index (χ0) is 34.8. The third-order valence-electron chi connectivity index (χ3n) is 7.90. The average Bonchev–Trinajstić information content (AvgIpc) is 3.08. The van der Waals surface area contributed by atoms with Crippen LogP contribution in [0.4, 0.5) is 11.4 Å². The van der Waals surface area contributed by atoms with E-state index in [-0.39, 0.29) is 40.7 Å². The number of rotatable bonds is 15. The Bertz CT molecular complexity index is 1830. The first-order valence-corrected chi connectivity index (χ1v) is 17.0. The van der Waals surface area contributed by atoms with Crippen molar-refractivity contribution in [3.63, 3.8) is 0 Å². The molecule has 0 heterocycles. The first kappa shape index (κ1) is 35.6. The summed E-state index contributed by atoms with van der Waals surface area (Å²) in [5.74, 6) is -0.539. The maximum absolute atomic E-state index is 14.5. The zero-order valence-corrected chi connectivity index (χ0v) is 28.3. The number of hydrogen-bond donors (Lipinski definition) is 1. The third kappa shape index (κ3) is 8.77. The quantitative estimate of drug-likeness (QED) is 0.128. The average molecular weight is 673 g/mol. The summed E-state index contributed by atoms with van der Waals surface area (Å²) in [6.07, 6.45) is 0.870. The van der Waals surface area contributed by atoms with Crippen LogP contribution in [0.2, 0.25) is 0 Å². The number of nitro benzene ring substituents is 1. The molecule has 0 fully saturated rings. The number of amides is 2. The van der Waals surface area contributed by atoms with Gasteiger partial charge in [0.25, 0.3) is 15.7 Å². The van der Waals surface area contributed by atoms with E-state index < -0.39 is 33.4 Å². The number of benzene rings is 4. The lowest BCUT2D eigenvalue weighted by molar-refractivity contribution is -0.385. The van der Waals surface area contributed by atoms with E-state index >= 15 is 0 Å². The molecule has 0 bridgehead atoms. The Balaban J connectivity index is 1.83. The number of methoxy groups -OCH3 is 1. The molecule has 4 aromatic rings. The number of nitrogens with zero attached hydrogens (tertiary/aromatic N) is 3. The van der Waals surface area contributed by atoms with Gasteiger partial charge in [-0.2, -0.15) is 0 Å². The van der Waals surface area contributed by atoms with Gasteiger partial charge in [0.05, 0.1) is 22.6 Å². The van der Waals surface area contributed by atoms with Gasteiger partial charge in [0, 0.05) is 31.1 Å². The summed E-state index contributed by atoms with van der Waals surface area (Å²) in [4.78, 5) is 40.4. The van der Waals surface area contributed by atoms with E-state index in [1.165, 1.54) is 43.2 Å². The van der Waals surface area contributed by atoms with Crippen molar-refractivity contribution in [2.75, 3.05) is 24.5 Å². The van der Waals surface area contributed by atoms with Gasteiger partial charge in [-0.25, -0.2) is 8.42 Å². The summed E-state index contributed by atoms with van der Waals surface area (Å²) in [5.41, 5.74) is 2.65. The molecule has 0 aromatic heterocycles. The van der Waals surface area contributed by atoms with Gasteiger partial charge in [0.1, 0.15) is 18.3 Å². The number of nitrogens with one attached hydrogen (secondary N) is 1. The highest BCUT2D eigenvalue weighted by Gasteiger charge is 2.35. The molecule has 48 heavy (non-hydrogen) atoms. The van der Waals surface area contributed by atoms with Crippen LogP contribution in [0.15, 0.2) is 102 Å². The van der Waals surface area contributed by atoms with Crippen LogP contribution in [0, 0.1) is 24.0 Å². The fraction of sp³-hybridized carbons (Fsp3) is 0.278. The Labute approximate surface area is 281 Å². The topological polar surface area (TPSA) is 139 Å². The smallest absolute Gasteiger partial charge is 0.273 e. The normalized spacial score (nSPS) is 11.8.